The van der Waals surface area contributed by atoms with E-state index in [9.17, 15) is 8.42 Å². The van der Waals surface area contributed by atoms with Crippen molar-refractivity contribution in [2.75, 3.05) is 24.8 Å². The topological polar surface area (TPSA) is 107 Å². The van der Waals surface area contributed by atoms with E-state index in [0.717, 1.165) is 0 Å². The molecule has 0 fully saturated rings. The standard InChI is InChI=1S/C12H21N3O3S/c1-8(2)10(7-18-3)15-9-5-4-6-11(12(9)13)19(14,16)17/h4-6,8,10,15H,7,13H2,1-3H3,(H2,14,16,17). The fraction of sp³-hybridized carbons (Fsp3) is 0.500. The number of primary sulfonamides is 1. The van der Waals surface area contributed by atoms with Gasteiger partial charge in [0.25, 0.3) is 0 Å². The van der Waals surface area contributed by atoms with Crippen molar-refractivity contribution < 1.29 is 13.2 Å². The van der Waals surface area contributed by atoms with E-state index in [2.05, 4.69) is 5.32 Å². The van der Waals surface area contributed by atoms with Crippen molar-refractivity contribution in [2.45, 2.75) is 24.8 Å². The SMILES string of the molecule is COCC(Nc1cccc(S(N)(=O)=O)c1N)C(C)C. The quantitative estimate of drug-likeness (QED) is 0.676. The van der Waals surface area contributed by atoms with Gasteiger partial charge in [0, 0.05) is 7.11 Å². The van der Waals surface area contributed by atoms with E-state index >= 15 is 0 Å². The Morgan fingerprint density at radius 1 is 1.37 bits per heavy atom. The fourth-order valence-electron chi connectivity index (χ4n) is 1.70. The molecule has 1 unspecified atom stereocenters. The molecule has 0 saturated carbocycles. The second-order valence-electron chi connectivity index (χ2n) is 4.71. The molecule has 0 aliphatic rings. The van der Waals surface area contributed by atoms with Crippen molar-refractivity contribution in [3.05, 3.63) is 18.2 Å². The summed E-state index contributed by atoms with van der Waals surface area (Å²) in [6.07, 6.45) is 0. The molecule has 19 heavy (non-hydrogen) atoms. The van der Waals surface area contributed by atoms with Gasteiger partial charge in [-0.15, -0.1) is 0 Å². The molecule has 6 nitrogen and oxygen atoms in total. The van der Waals surface area contributed by atoms with Crippen molar-refractivity contribution in [2.24, 2.45) is 11.1 Å². The van der Waals surface area contributed by atoms with Crippen molar-refractivity contribution in [3.63, 3.8) is 0 Å². The molecule has 1 atom stereocenters. The average Bonchev–Trinajstić information content (AvgIpc) is 2.29. The molecule has 0 aliphatic carbocycles. The van der Waals surface area contributed by atoms with Gasteiger partial charge in [0.05, 0.1) is 24.0 Å². The van der Waals surface area contributed by atoms with Crippen LogP contribution >= 0.6 is 0 Å². The number of benzene rings is 1. The van der Waals surface area contributed by atoms with Gasteiger partial charge in [-0.25, -0.2) is 13.6 Å². The highest BCUT2D eigenvalue weighted by Gasteiger charge is 2.18. The summed E-state index contributed by atoms with van der Waals surface area (Å²) in [5, 5.41) is 8.31. The van der Waals surface area contributed by atoms with Gasteiger partial charge in [-0.1, -0.05) is 19.9 Å². The molecule has 0 spiro atoms. The van der Waals surface area contributed by atoms with Gasteiger partial charge in [0.15, 0.2) is 0 Å². The molecule has 0 bridgehead atoms. The minimum Gasteiger partial charge on any atom is -0.396 e. The Bertz CT molecular complexity index is 529. The Kier molecular flexibility index (Phi) is 5.16. The molecular weight excluding hydrogens is 266 g/mol. The molecular formula is C12H21N3O3S. The summed E-state index contributed by atoms with van der Waals surface area (Å²) in [5.41, 5.74) is 6.53. The maximum absolute atomic E-state index is 11.4. The maximum atomic E-state index is 11.4. The molecule has 1 aromatic rings. The van der Waals surface area contributed by atoms with Crippen molar-refractivity contribution in [3.8, 4) is 0 Å². The zero-order chi connectivity index (χ0) is 14.6. The fourth-order valence-corrected chi connectivity index (χ4v) is 2.38. The third kappa shape index (κ3) is 4.09. The van der Waals surface area contributed by atoms with Crippen LogP contribution in [-0.4, -0.2) is 28.2 Å². The van der Waals surface area contributed by atoms with Crippen LogP contribution in [0.3, 0.4) is 0 Å². The van der Waals surface area contributed by atoms with Crippen LogP contribution in [0.25, 0.3) is 0 Å². The Morgan fingerprint density at radius 2 is 2.00 bits per heavy atom. The van der Waals surface area contributed by atoms with E-state index in [1.165, 1.54) is 6.07 Å². The Labute approximate surface area is 114 Å². The zero-order valence-corrected chi connectivity index (χ0v) is 12.2. The molecule has 1 aromatic carbocycles. The van der Waals surface area contributed by atoms with E-state index in [1.807, 2.05) is 13.8 Å². The van der Waals surface area contributed by atoms with Crippen molar-refractivity contribution >= 4 is 21.4 Å². The molecule has 7 heteroatoms. The number of para-hydroxylation sites is 1. The van der Waals surface area contributed by atoms with Gasteiger partial charge < -0.3 is 15.8 Å². The van der Waals surface area contributed by atoms with E-state index in [-0.39, 0.29) is 16.6 Å². The lowest BCUT2D eigenvalue weighted by Crippen LogP contribution is -2.31. The predicted octanol–water partition coefficient (Wildman–Crippen LogP) is 0.999. The van der Waals surface area contributed by atoms with Gasteiger partial charge in [-0.2, -0.15) is 0 Å². The second-order valence-corrected chi connectivity index (χ2v) is 6.24. The average molecular weight is 287 g/mol. The highest BCUT2D eigenvalue weighted by Crippen LogP contribution is 2.27. The van der Waals surface area contributed by atoms with Gasteiger partial charge in [0.2, 0.25) is 10.0 Å². The Balaban J connectivity index is 3.08. The first-order valence-corrected chi connectivity index (χ1v) is 7.48. The number of nitrogen functional groups attached to an aromatic ring is 1. The molecule has 0 aromatic heterocycles. The number of anilines is 2. The molecule has 0 aliphatic heterocycles. The van der Waals surface area contributed by atoms with Gasteiger partial charge >= 0.3 is 0 Å². The molecule has 0 saturated heterocycles. The van der Waals surface area contributed by atoms with Crippen molar-refractivity contribution in [1.82, 2.24) is 0 Å². The Morgan fingerprint density at radius 3 is 2.47 bits per heavy atom. The smallest absolute Gasteiger partial charge is 0.240 e. The summed E-state index contributed by atoms with van der Waals surface area (Å²) >= 11 is 0. The molecule has 0 heterocycles. The summed E-state index contributed by atoms with van der Waals surface area (Å²) in [6, 6.07) is 4.73. The van der Waals surface area contributed by atoms with Crippen LogP contribution in [0.4, 0.5) is 11.4 Å². The highest BCUT2D eigenvalue weighted by atomic mass is 32.2. The molecule has 0 radical (unpaired) electrons. The third-order valence-corrected chi connectivity index (χ3v) is 3.83. The first-order valence-electron chi connectivity index (χ1n) is 5.94. The largest absolute Gasteiger partial charge is 0.396 e. The van der Waals surface area contributed by atoms with E-state index in [1.54, 1.807) is 19.2 Å². The number of hydrogen-bond donors (Lipinski definition) is 3. The molecule has 5 N–H and O–H groups in total. The van der Waals surface area contributed by atoms with Crippen LogP contribution < -0.4 is 16.2 Å². The molecule has 0 amide bonds. The normalized spacial score (nSPS) is 13.5. The zero-order valence-electron chi connectivity index (χ0n) is 11.4. The number of rotatable bonds is 6. The van der Waals surface area contributed by atoms with E-state index < -0.39 is 10.0 Å². The van der Waals surface area contributed by atoms with Crippen molar-refractivity contribution in [1.29, 1.82) is 0 Å². The Hall–Kier alpha value is -1.31. The minimum absolute atomic E-state index is 0.0306. The number of methoxy groups -OCH3 is 1. The lowest BCUT2D eigenvalue weighted by atomic mass is 10.0. The van der Waals surface area contributed by atoms with Gasteiger partial charge in [-0.3, -0.25) is 0 Å². The number of hydrogen-bond acceptors (Lipinski definition) is 5. The lowest BCUT2D eigenvalue weighted by Gasteiger charge is -2.24. The van der Waals surface area contributed by atoms with E-state index in [0.29, 0.717) is 18.2 Å². The number of ether oxygens (including phenoxy) is 1. The van der Waals surface area contributed by atoms with Crippen LogP contribution in [0, 0.1) is 5.92 Å². The summed E-state index contributed by atoms with van der Waals surface area (Å²) < 4.78 is 27.9. The van der Waals surface area contributed by atoms with Crippen LogP contribution in [0.2, 0.25) is 0 Å². The molecule has 108 valence electrons. The summed E-state index contributed by atoms with van der Waals surface area (Å²) in [5.74, 6) is 0.303. The number of nitrogens with one attached hydrogen (secondary N) is 1. The number of sulfonamides is 1. The van der Waals surface area contributed by atoms with Crippen LogP contribution in [0.1, 0.15) is 13.8 Å². The molecule has 1 rings (SSSR count). The van der Waals surface area contributed by atoms with Crippen LogP contribution in [0.5, 0.6) is 0 Å². The van der Waals surface area contributed by atoms with Gasteiger partial charge in [-0.05, 0) is 18.1 Å². The summed E-state index contributed by atoms with van der Waals surface area (Å²) in [4.78, 5) is -0.0718. The maximum Gasteiger partial charge on any atom is 0.240 e. The van der Waals surface area contributed by atoms with Crippen LogP contribution in [-0.2, 0) is 14.8 Å². The predicted molar refractivity (Wildman–Crippen MR) is 76.4 cm³/mol. The van der Waals surface area contributed by atoms with E-state index in [4.69, 9.17) is 15.6 Å². The first kappa shape index (κ1) is 15.7. The highest BCUT2D eigenvalue weighted by molar-refractivity contribution is 7.89. The van der Waals surface area contributed by atoms with Gasteiger partial charge in [0.1, 0.15) is 4.90 Å². The van der Waals surface area contributed by atoms with Crippen LogP contribution in [0.15, 0.2) is 23.1 Å². The number of nitrogens with two attached hydrogens (primary N) is 2. The summed E-state index contributed by atoms with van der Waals surface area (Å²) in [6.45, 7) is 4.57. The first-order chi connectivity index (χ1) is 8.77. The summed E-state index contributed by atoms with van der Waals surface area (Å²) in [7, 11) is -2.21. The third-order valence-electron chi connectivity index (χ3n) is 2.86. The minimum atomic E-state index is -3.82. The lowest BCUT2D eigenvalue weighted by molar-refractivity contribution is 0.171. The monoisotopic (exact) mass is 287 g/mol. The second kappa shape index (κ2) is 6.23.